The number of rotatable bonds is 7. The van der Waals surface area contributed by atoms with Gasteiger partial charge in [-0.1, -0.05) is 6.07 Å². The average molecular weight is 396 g/mol. The second-order valence-electron chi connectivity index (χ2n) is 6.41. The molecule has 5 N–H and O–H groups in total. The number of benzene rings is 2. The van der Waals surface area contributed by atoms with Crippen molar-refractivity contribution in [2.75, 3.05) is 7.11 Å². The third-order valence-corrected chi connectivity index (χ3v) is 4.42. The Morgan fingerprint density at radius 1 is 1.21 bits per heavy atom. The molecule has 1 atom stereocenters. The first-order chi connectivity index (χ1) is 13.9. The van der Waals surface area contributed by atoms with Crippen molar-refractivity contribution in [2.45, 2.75) is 12.5 Å². The molecule has 0 aliphatic carbocycles. The minimum absolute atomic E-state index is 0.0233. The number of fused-ring (bicyclic) bond motifs is 1. The molecule has 150 valence electrons. The van der Waals surface area contributed by atoms with Gasteiger partial charge in [0.15, 0.2) is 11.5 Å². The van der Waals surface area contributed by atoms with Crippen molar-refractivity contribution in [3.63, 3.8) is 0 Å². The molecule has 0 radical (unpaired) electrons. The monoisotopic (exact) mass is 396 g/mol. The summed E-state index contributed by atoms with van der Waals surface area (Å²) >= 11 is 0. The predicted octanol–water partition coefficient (Wildman–Crippen LogP) is 2.41. The minimum Gasteiger partial charge on any atom is -0.508 e. The number of methoxy groups -OCH3 is 1. The molecule has 3 aromatic rings. The number of ether oxygens (including phenoxy) is 1. The van der Waals surface area contributed by atoms with Crippen LogP contribution < -0.4 is 10.1 Å². The Bertz CT molecular complexity index is 1090. The van der Waals surface area contributed by atoms with Gasteiger partial charge in [0.05, 0.1) is 7.11 Å². The van der Waals surface area contributed by atoms with Crippen LogP contribution in [0.1, 0.15) is 11.1 Å². The van der Waals surface area contributed by atoms with E-state index >= 15 is 0 Å². The first-order valence-electron chi connectivity index (χ1n) is 8.74. The molecular formula is C21H20N2O6. The fourth-order valence-corrected chi connectivity index (χ4v) is 2.94. The number of hydrogen-bond donors (Lipinski definition) is 5. The van der Waals surface area contributed by atoms with Gasteiger partial charge in [-0.3, -0.25) is 4.79 Å². The number of hydrogen-bond acceptors (Lipinski definition) is 5. The maximum Gasteiger partial charge on any atom is 0.326 e. The molecule has 2 aromatic carbocycles. The standard InChI is InChI=1S/C21H20N2O6/c1-29-19-8-12(2-6-18(19)25)3-7-20(26)23-17(21(27)28)9-13-11-22-16-5-4-14(24)10-15(13)16/h2-8,10-11,17,22,24-25H,9H2,1H3,(H,23,26)(H,27,28)/b7-3+/t17-/m0/s1. The number of carboxylic acids is 1. The van der Waals surface area contributed by atoms with E-state index in [0.29, 0.717) is 16.5 Å². The molecule has 29 heavy (non-hydrogen) atoms. The van der Waals surface area contributed by atoms with Crippen molar-refractivity contribution in [3.8, 4) is 17.2 Å². The average Bonchev–Trinajstić information content (AvgIpc) is 3.08. The Kier molecular flexibility index (Phi) is 5.73. The zero-order valence-electron chi connectivity index (χ0n) is 15.5. The number of H-pyrrole nitrogens is 1. The Hall–Kier alpha value is -3.94. The summed E-state index contributed by atoms with van der Waals surface area (Å²) in [7, 11) is 1.41. The number of carbonyl (C=O) groups is 2. The maximum absolute atomic E-state index is 12.2. The summed E-state index contributed by atoms with van der Waals surface area (Å²) in [5, 5.41) is 31.9. The maximum atomic E-state index is 12.2. The fourth-order valence-electron chi connectivity index (χ4n) is 2.94. The summed E-state index contributed by atoms with van der Waals surface area (Å²) in [5.41, 5.74) is 2.03. The van der Waals surface area contributed by atoms with Gasteiger partial charge in [0.1, 0.15) is 11.8 Å². The van der Waals surface area contributed by atoms with Crippen LogP contribution in [0, 0.1) is 0 Å². The fraction of sp³-hybridized carbons (Fsp3) is 0.143. The lowest BCUT2D eigenvalue weighted by Crippen LogP contribution is -2.41. The van der Waals surface area contributed by atoms with Crippen LogP contribution in [0.4, 0.5) is 0 Å². The van der Waals surface area contributed by atoms with Gasteiger partial charge in [-0.05, 0) is 47.5 Å². The quantitative estimate of drug-likeness (QED) is 0.390. The molecule has 0 fully saturated rings. The highest BCUT2D eigenvalue weighted by Crippen LogP contribution is 2.27. The van der Waals surface area contributed by atoms with Crippen molar-refractivity contribution < 1.29 is 29.6 Å². The minimum atomic E-state index is -1.17. The molecule has 0 bridgehead atoms. The topological polar surface area (TPSA) is 132 Å². The Balaban J connectivity index is 1.72. The van der Waals surface area contributed by atoms with Crippen LogP contribution >= 0.6 is 0 Å². The van der Waals surface area contributed by atoms with E-state index in [-0.39, 0.29) is 23.7 Å². The van der Waals surface area contributed by atoms with Crippen molar-refractivity contribution in [1.29, 1.82) is 0 Å². The third-order valence-electron chi connectivity index (χ3n) is 4.42. The second-order valence-corrected chi connectivity index (χ2v) is 6.41. The van der Waals surface area contributed by atoms with Gasteiger partial charge in [-0.15, -0.1) is 0 Å². The van der Waals surface area contributed by atoms with Gasteiger partial charge in [-0.2, -0.15) is 0 Å². The SMILES string of the molecule is COc1cc(/C=C/C(=O)N[C@@H](Cc2c[nH]c3ccc(O)cc23)C(=O)O)ccc1O. The number of aliphatic carboxylic acids is 1. The first kappa shape index (κ1) is 19.8. The zero-order valence-corrected chi connectivity index (χ0v) is 15.5. The molecule has 8 heteroatoms. The largest absolute Gasteiger partial charge is 0.508 e. The van der Waals surface area contributed by atoms with Crippen LogP contribution in [0.3, 0.4) is 0 Å². The zero-order chi connectivity index (χ0) is 21.0. The normalized spacial score (nSPS) is 12.2. The molecule has 0 aliphatic heterocycles. The van der Waals surface area contributed by atoms with Gasteiger partial charge in [0.2, 0.25) is 5.91 Å². The predicted molar refractivity (Wildman–Crippen MR) is 107 cm³/mol. The van der Waals surface area contributed by atoms with Gasteiger partial charge < -0.3 is 30.4 Å². The van der Waals surface area contributed by atoms with E-state index in [2.05, 4.69) is 10.3 Å². The van der Waals surface area contributed by atoms with E-state index in [1.807, 2.05) is 0 Å². The summed E-state index contributed by atoms with van der Waals surface area (Å²) in [6.07, 6.45) is 4.40. The Labute approximate surface area is 166 Å². The first-order valence-corrected chi connectivity index (χ1v) is 8.74. The Morgan fingerprint density at radius 2 is 2.00 bits per heavy atom. The molecule has 0 unspecified atom stereocenters. The number of phenols is 2. The summed E-state index contributed by atoms with van der Waals surface area (Å²) in [6, 6.07) is 8.19. The van der Waals surface area contributed by atoms with E-state index in [0.717, 1.165) is 5.52 Å². The number of carbonyl (C=O) groups excluding carboxylic acids is 1. The van der Waals surface area contributed by atoms with Crippen molar-refractivity contribution >= 4 is 28.9 Å². The lowest BCUT2D eigenvalue weighted by molar-refractivity contribution is -0.141. The molecule has 1 aromatic heterocycles. The van der Waals surface area contributed by atoms with Crippen molar-refractivity contribution in [3.05, 3.63) is 59.8 Å². The highest BCUT2D eigenvalue weighted by atomic mass is 16.5. The molecule has 0 spiro atoms. The number of aromatic amines is 1. The van der Waals surface area contributed by atoms with Gasteiger partial charge in [0, 0.05) is 29.6 Å². The summed E-state index contributed by atoms with van der Waals surface area (Å²) in [6.45, 7) is 0. The molecule has 0 saturated heterocycles. The van der Waals surface area contributed by atoms with E-state index in [1.165, 1.54) is 31.4 Å². The van der Waals surface area contributed by atoms with Crippen LogP contribution in [0.25, 0.3) is 17.0 Å². The summed E-state index contributed by atoms with van der Waals surface area (Å²) in [4.78, 5) is 26.8. The lowest BCUT2D eigenvalue weighted by Gasteiger charge is -2.13. The number of nitrogens with one attached hydrogen (secondary N) is 2. The molecule has 1 amide bonds. The van der Waals surface area contributed by atoms with Crippen LogP contribution in [-0.2, 0) is 16.0 Å². The van der Waals surface area contributed by atoms with Gasteiger partial charge >= 0.3 is 5.97 Å². The van der Waals surface area contributed by atoms with E-state index < -0.39 is 17.9 Å². The molecule has 0 aliphatic rings. The van der Waals surface area contributed by atoms with E-state index in [9.17, 15) is 24.9 Å². The van der Waals surface area contributed by atoms with Crippen LogP contribution in [0.2, 0.25) is 0 Å². The smallest absolute Gasteiger partial charge is 0.326 e. The van der Waals surface area contributed by atoms with E-state index in [4.69, 9.17) is 4.74 Å². The van der Waals surface area contributed by atoms with Crippen LogP contribution in [0.5, 0.6) is 17.2 Å². The molecule has 1 heterocycles. The highest BCUT2D eigenvalue weighted by Gasteiger charge is 2.21. The number of aromatic nitrogens is 1. The summed E-state index contributed by atoms with van der Waals surface area (Å²) < 4.78 is 5.01. The van der Waals surface area contributed by atoms with Gasteiger partial charge in [0.25, 0.3) is 0 Å². The second kappa shape index (κ2) is 8.39. The molecule has 0 saturated carbocycles. The van der Waals surface area contributed by atoms with Gasteiger partial charge in [-0.25, -0.2) is 4.79 Å². The molecule has 8 nitrogen and oxygen atoms in total. The highest BCUT2D eigenvalue weighted by molar-refractivity contribution is 5.95. The van der Waals surface area contributed by atoms with Crippen LogP contribution in [-0.4, -0.2) is 45.3 Å². The van der Waals surface area contributed by atoms with Crippen molar-refractivity contribution in [2.24, 2.45) is 0 Å². The van der Waals surface area contributed by atoms with Crippen molar-refractivity contribution in [1.82, 2.24) is 10.3 Å². The lowest BCUT2D eigenvalue weighted by atomic mass is 10.0. The number of aromatic hydroxyl groups is 2. The molecule has 3 rings (SSSR count). The molecular weight excluding hydrogens is 376 g/mol. The number of amides is 1. The van der Waals surface area contributed by atoms with E-state index in [1.54, 1.807) is 30.5 Å². The Morgan fingerprint density at radius 3 is 2.72 bits per heavy atom. The third kappa shape index (κ3) is 4.67. The van der Waals surface area contributed by atoms with Crippen LogP contribution in [0.15, 0.2) is 48.7 Å². The summed E-state index contributed by atoms with van der Waals surface area (Å²) in [5.74, 6) is -1.44. The number of phenolic OH excluding ortho intramolecular Hbond substituents is 2. The number of carboxylic acid groups (broad SMARTS) is 1.